The Labute approximate surface area is 119 Å². The monoisotopic (exact) mass is 288 g/mol. The first-order valence-corrected chi connectivity index (χ1v) is 6.84. The molecular formula is C13H24N2O5. The van der Waals surface area contributed by atoms with E-state index in [1.54, 1.807) is 12.0 Å². The fraction of sp³-hybridized carbons (Fsp3) is 0.846. The van der Waals surface area contributed by atoms with Crippen LogP contribution < -0.4 is 5.32 Å². The van der Waals surface area contributed by atoms with Crippen LogP contribution in [0.4, 0.5) is 4.79 Å². The molecule has 0 saturated carbocycles. The van der Waals surface area contributed by atoms with E-state index in [-0.39, 0.29) is 12.5 Å². The Morgan fingerprint density at radius 2 is 1.95 bits per heavy atom. The summed E-state index contributed by atoms with van der Waals surface area (Å²) in [5.41, 5.74) is 0. The van der Waals surface area contributed by atoms with Gasteiger partial charge in [0.2, 0.25) is 0 Å². The normalized spacial score (nSPS) is 17.8. The lowest BCUT2D eigenvalue weighted by molar-refractivity contribution is -0.139. The number of carboxylic acids is 1. The molecule has 2 N–H and O–H groups in total. The Bertz CT molecular complexity index is 316. The van der Waals surface area contributed by atoms with Gasteiger partial charge < -0.3 is 24.8 Å². The molecule has 7 heteroatoms. The molecule has 0 bridgehead atoms. The van der Waals surface area contributed by atoms with Crippen molar-refractivity contribution < 1.29 is 24.2 Å². The highest BCUT2D eigenvalue weighted by molar-refractivity contribution is 5.82. The van der Waals surface area contributed by atoms with Crippen molar-refractivity contribution in [1.82, 2.24) is 10.2 Å². The maximum Gasteiger partial charge on any atom is 0.326 e. The molecule has 0 radical (unpaired) electrons. The van der Waals surface area contributed by atoms with Crippen LogP contribution in [0, 0.1) is 5.92 Å². The number of aliphatic carboxylic acids is 1. The fourth-order valence-electron chi connectivity index (χ4n) is 2.27. The Kier molecular flexibility index (Phi) is 7.32. The second kappa shape index (κ2) is 8.76. The number of likely N-dealkylation sites (tertiary alicyclic amines) is 1. The van der Waals surface area contributed by atoms with Gasteiger partial charge in [-0.1, -0.05) is 0 Å². The summed E-state index contributed by atoms with van der Waals surface area (Å²) in [5.74, 6) is -0.558. The van der Waals surface area contributed by atoms with Crippen LogP contribution in [0.5, 0.6) is 0 Å². The molecule has 1 saturated heterocycles. The Hall–Kier alpha value is -1.34. The van der Waals surface area contributed by atoms with Crippen LogP contribution in [0.15, 0.2) is 0 Å². The van der Waals surface area contributed by atoms with Crippen molar-refractivity contribution in [2.75, 3.05) is 40.5 Å². The van der Waals surface area contributed by atoms with Crippen molar-refractivity contribution in [3.63, 3.8) is 0 Å². The average Bonchev–Trinajstić information content (AvgIpc) is 2.44. The first-order valence-electron chi connectivity index (χ1n) is 6.84. The van der Waals surface area contributed by atoms with Gasteiger partial charge in [0, 0.05) is 46.9 Å². The van der Waals surface area contributed by atoms with Crippen LogP contribution in [-0.2, 0) is 14.3 Å². The van der Waals surface area contributed by atoms with Crippen LogP contribution in [0.3, 0.4) is 0 Å². The zero-order chi connectivity index (χ0) is 15.0. The average molecular weight is 288 g/mol. The molecule has 7 nitrogen and oxygen atoms in total. The third-order valence-electron chi connectivity index (χ3n) is 3.51. The number of methoxy groups -OCH3 is 2. The van der Waals surface area contributed by atoms with E-state index in [0.29, 0.717) is 32.2 Å². The summed E-state index contributed by atoms with van der Waals surface area (Å²) in [6, 6.07) is -1.22. The van der Waals surface area contributed by atoms with Crippen LogP contribution in [-0.4, -0.2) is 68.6 Å². The van der Waals surface area contributed by atoms with E-state index < -0.39 is 12.0 Å². The molecule has 0 spiro atoms. The maximum absolute atomic E-state index is 12.0. The van der Waals surface area contributed by atoms with Gasteiger partial charge >= 0.3 is 12.0 Å². The van der Waals surface area contributed by atoms with E-state index in [9.17, 15) is 9.59 Å². The van der Waals surface area contributed by atoms with E-state index in [1.807, 2.05) is 0 Å². The quantitative estimate of drug-likeness (QED) is 0.714. The molecular weight excluding hydrogens is 264 g/mol. The minimum atomic E-state index is -1.04. The molecule has 1 atom stereocenters. The molecule has 1 unspecified atom stereocenters. The van der Waals surface area contributed by atoms with Crippen LogP contribution in [0.25, 0.3) is 0 Å². The molecule has 0 aromatic carbocycles. The van der Waals surface area contributed by atoms with Gasteiger partial charge in [-0.25, -0.2) is 9.59 Å². The third-order valence-corrected chi connectivity index (χ3v) is 3.51. The van der Waals surface area contributed by atoms with Crippen molar-refractivity contribution >= 4 is 12.0 Å². The van der Waals surface area contributed by atoms with Gasteiger partial charge in [0.05, 0.1) is 0 Å². The van der Waals surface area contributed by atoms with Crippen molar-refractivity contribution in [3.05, 3.63) is 0 Å². The van der Waals surface area contributed by atoms with Crippen molar-refractivity contribution in [2.24, 2.45) is 5.92 Å². The number of carbonyl (C=O) groups excluding carboxylic acids is 1. The minimum absolute atomic E-state index is 0.262. The third kappa shape index (κ3) is 5.34. The number of hydrogen-bond acceptors (Lipinski definition) is 4. The molecule has 20 heavy (non-hydrogen) atoms. The zero-order valence-corrected chi connectivity index (χ0v) is 12.1. The smallest absolute Gasteiger partial charge is 0.326 e. The van der Waals surface area contributed by atoms with Gasteiger partial charge in [-0.2, -0.15) is 0 Å². The summed E-state index contributed by atoms with van der Waals surface area (Å²) < 4.78 is 9.96. The SMILES string of the molecule is COCCC(NC(=O)N1CCC(COC)CC1)C(=O)O. The molecule has 0 aromatic heterocycles. The number of amides is 2. The number of ether oxygens (including phenoxy) is 2. The highest BCUT2D eigenvalue weighted by Gasteiger charge is 2.26. The zero-order valence-electron chi connectivity index (χ0n) is 12.1. The highest BCUT2D eigenvalue weighted by Crippen LogP contribution is 2.17. The highest BCUT2D eigenvalue weighted by atomic mass is 16.5. The topological polar surface area (TPSA) is 88.1 Å². The molecule has 0 aliphatic carbocycles. The number of nitrogens with one attached hydrogen (secondary N) is 1. The molecule has 1 aliphatic heterocycles. The second-order valence-corrected chi connectivity index (χ2v) is 5.01. The van der Waals surface area contributed by atoms with Gasteiger partial charge in [-0.3, -0.25) is 0 Å². The first kappa shape index (κ1) is 16.7. The van der Waals surface area contributed by atoms with Gasteiger partial charge in [-0.05, 0) is 18.8 Å². The van der Waals surface area contributed by atoms with Crippen molar-refractivity contribution in [3.8, 4) is 0 Å². The van der Waals surface area contributed by atoms with E-state index in [2.05, 4.69) is 5.32 Å². The lowest BCUT2D eigenvalue weighted by atomic mass is 9.98. The molecule has 1 rings (SSSR count). The van der Waals surface area contributed by atoms with E-state index in [0.717, 1.165) is 12.8 Å². The second-order valence-electron chi connectivity index (χ2n) is 5.01. The summed E-state index contributed by atoms with van der Waals surface area (Å²) in [4.78, 5) is 24.7. The number of rotatable bonds is 7. The molecule has 0 aromatic rings. The van der Waals surface area contributed by atoms with Crippen molar-refractivity contribution in [2.45, 2.75) is 25.3 Å². The molecule has 2 amide bonds. The van der Waals surface area contributed by atoms with E-state index in [4.69, 9.17) is 14.6 Å². The number of carbonyl (C=O) groups is 2. The summed E-state index contributed by atoms with van der Waals surface area (Å²) in [6.07, 6.45) is 2.03. The summed E-state index contributed by atoms with van der Waals surface area (Å²) in [5, 5.41) is 11.6. The van der Waals surface area contributed by atoms with Crippen LogP contribution >= 0.6 is 0 Å². The predicted molar refractivity (Wildman–Crippen MR) is 72.6 cm³/mol. The van der Waals surface area contributed by atoms with Crippen molar-refractivity contribution in [1.29, 1.82) is 0 Å². The summed E-state index contributed by atoms with van der Waals surface area (Å²) in [6.45, 7) is 2.28. The Balaban J connectivity index is 2.39. The van der Waals surface area contributed by atoms with Crippen LogP contribution in [0.1, 0.15) is 19.3 Å². The number of piperidine rings is 1. The molecule has 1 aliphatic rings. The summed E-state index contributed by atoms with van der Waals surface area (Å²) >= 11 is 0. The largest absolute Gasteiger partial charge is 0.480 e. The Morgan fingerprint density at radius 3 is 2.45 bits per heavy atom. The fourth-order valence-corrected chi connectivity index (χ4v) is 2.27. The van der Waals surface area contributed by atoms with Gasteiger partial charge in [0.25, 0.3) is 0 Å². The molecule has 1 fully saturated rings. The number of hydrogen-bond donors (Lipinski definition) is 2. The lowest BCUT2D eigenvalue weighted by Crippen LogP contribution is -2.50. The van der Waals surface area contributed by atoms with E-state index >= 15 is 0 Å². The van der Waals surface area contributed by atoms with E-state index in [1.165, 1.54) is 7.11 Å². The predicted octanol–water partition coefficient (Wildman–Crippen LogP) is 0.544. The standard InChI is InChI=1S/C13H24N2O5/c1-19-8-5-11(12(16)17)14-13(18)15-6-3-10(4-7-15)9-20-2/h10-11H,3-9H2,1-2H3,(H,14,18)(H,16,17). The first-order chi connectivity index (χ1) is 9.58. The lowest BCUT2D eigenvalue weighted by Gasteiger charge is -2.32. The minimum Gasteiger partial charge on any atom is -0.480 e. The van der Waals surface area contributed by atoms with Gasteiger partial charge in [0.15, 0.2) is 0 Å². The maximum atomic E-state index is 12.0. The van der Waals surface area contributed by atoms with Gasteiger partial charge in [-0.15, -0.1) is 0 Å². The Morgan fingerprint density at radius 1 is 1.30 bits per heavy atom. The van der Waals surface area contributed by atoms with Gasteiger partial charge in [0.1, 0.15) is 6.04 Å². The summed E-state index contributed by atoms with van der Waals surface area (Å²) in [7, 11) is 3.17. The molecule has 1 heterocycles. The number of urea groups is 1. The number of carboxylic acid groups (broad SMARTS) is 1. The number of nitrogens with zero attached hydrogens (tertiary/aromatic N) is 1. The molecule has 116 valence electrons. The van der Waals surface area contributed by atoms with Crippen LogP contribution in [0.2, 0.25) is 0 Å².